The molecule has 25 heavy (non-hydrogen) atoms. The van der Waals surface area contributed by atoms with Gasteiger partial charge in [0.05, 0.1) is 17.1 Å². The zero-order valence-corrected chi connectivity index (χ0v) is 14.9. The van der Waals surface area contributed by atoms with Gasteiger partial charge in [-0.3, -0.25) is 0 Å². The second-order valence-corrected chi connectivity index (χ2v) is 6.36. The van der Waals surface area contributed by atoms with Crippen LogP contribution >= 0.6 is 11.6 Å². The summed E-state index contributed by atoms with van der Waals surface area (Å²) >= 11 is 6.07. The van der Waals surface area contributed by atoms with Gasteiger partial charge in [-0.15, -0.1) is 4.91 Å². The number of ether oxygens (including phenoxy) is 1. The molecule has 2 aromatic carbocycles. The molecule has 0 aliphatic rings. The summed E-state index contributed by atoms with van der Waals surface area (Å²) in [6, 6.07) is 11.0. The molecule has 0 atom stereocenters. The maximum absolute atomic E-state index is 11.1. The molecule has 1 heterocycles. The van der Waals surface area contributed by atoms with E-state index in [1.165, 1.54) is 0 Å². The van der Waals surface area contributed by atoms with Crippen LogP contribution in [0.2, 0.25) is 5.02 Å². The third kappa shape index (κ3) is 3.20. The van der Waals surface area contributed by atoms with Crippen LogP contribution in [-0.4, -0.2) is 16.3 Å². The van der Waals surface area contributed by atoms with Crippen molar-refractivity contribution in [1.82, 2.24) is 4.57 Å². The molecule has 0 saturated carbocycles. The van der Waals surface area contributed by atoms with Gasteiger partial charge in [-0.1, -0.05) is 35.9 Å². The predicted molar refractivity (Wildman–Crippen MR) is 100 cm³/mol. The molecule has 0 unspecified atom stereocenters. The van der Waals surface area contributed by atoms with Crippen LogP contribution in [0.4, 0.5) is 5.69 Å². The van der Waals surface area contributed by atoms with E-state index in [2.05, 4.69) is 5.18 Å². The molecule has 0 aliphatic heterocycles. The van der Waals surface area contributed by atoms with E-state index in [4.69, 9.17) is 16.3 Å². The van der Waals surface area contributed by atoms with E-state index in [1.807, 2.05) is 44.2 Å². The van der Waals surface area contributed by atoms with Gasteiger partial charge in [0.25, 0.3) is 0 Å². The Morgan fingerprint density at radius 2 is 1.96 bits per heavy atom. The van der Waals surface area contributed by atoms with Crippen LogP contribution in [0, 0.1) is 18.8 Å². The second kappa shape index (κ2) is 7.15. The molecule has 1 N–H and O–H groups in total. The van der Waals surface area contributed by atoms with Gasteiger partial charge in [0.15, 0.2) is 5.69 Å². The second-order valence-electron chi connectivity index (χ2n) is 5.95. The molecule has 0 fully saturated rings. The fourth-order valence-electron chi connectivity index (χ4n) is 2.97. The van der Waals surface area contributed by atoms with Crippen molar-refractivity contribution in [2.24, 2.45) is 5.18 Å². The highest BCUT2D eigenvalue weighted by molar-refractivity contribution is 6.32. The number of fused-ring (bicyclic) bond motifs is 1. The van der Waals surface area contributed by atoms with Crippen LogP contribution in [-0.2, 0) is 6.54 Å². The van der Waals surface area contributed by atoms with E-state index in [9.17, 15) is 10.0 Å². The molecule has 0 amide bonds. The molecule has 0 bridgehead atoms. The predicted octanol–water partition coefficient (Wildman–Crippen LogP) is 5.48. The normalized spacial score (nSPS) is 11.0. The van der Waals surface area contributed by atoms with Crippen molar-refractivity contribution in [1.29, 1.82) is 0 Å². The fourth-order valence-corrected chi connectivity index (χ4v) is 3.16. The lowest BCUT2D eigenvalue weighted by Crippen LogP contribution is -2.05. The van der Waals surface area contributed by atoms with Gasteiger partial charge in [-0.05, 0) is 48.7 Å². The van der Waals surface area contributed by atoms with Crippen molar-refractivity contribution in [2.45, 2.75) is 26.8 Å². The van der Waals surface area contributed by atoms with E-state index in [0.29, 0.717) is 35.7 Å². The Balaban J connectivity index is 1.82. The lowest BCUT2D eigenvalue weighted by atomic mass is 10.1. The van der Waals surface area contributed by atoms with E-state index in [0.717, 1.165) is 16.6 Å². The van der Waals surface area contributed by atoms with Gasteiger partial charge in [-0.25, -0.2) is 0 Å². The maximum Gasteiger partial charge on any atom is 0.222 e. The minimum atomic E-state index is -0.101. The largest absolute Gasteiger partial charge is 0.493 e. The summed E-state index contributed by atoms with van der Waals surface area (Å²) in [5.74, 6) is 0.532. The van der Waals surface area contributed by atoms with Gasteiger partial charge in [0.2, 0.25) is 5.88 Å². The lowest BCUT2D eigenvalue weighted by Gasteiger charge is -2.11. The van der Waals surface area contributed by atoms with Gasteiger partial charge in [0, 0.05) is 11.9 Å². The molecular formula is C19H19ClN2O3. The van der Waals surface area contributed by atoms with Gasteiger partial charge in [-0.2, -0.15) is 0 Å². The monoisotopic (exact) mass is 358 g/mol. The zero-order chi connectivity index (χ0) is 18.0. The minimum absolute atomic E-state index is 0.0881. The minimum Gasteiger partial charge on any atom is -0.493 e. The lowest BCUT2D eigenvalue weighted by molar-refractivity contribution is 0.298. The van der Waals surface area contributed by atoms with E-state index >= 15 is 0 Å². The summed E-state index contributed by atoms with van der Waals surface area (Å²) in [4.78, 5) is 11.1. The number of rotatable bonds is 6. The average molecular weight is 359 g/mol. The smallest absolute Gasteiger partial charge is 0.222 e. The van der Waals surface area contributed by atoms with Crippen LogP contribution in [0.1, 0.15) is 17.5 Å². The standard InChI is InChI=1S/C19H19ClN2O3/c1-12-8-9-14-17(21-24)19(23)22(18(14)13(12)2)10-5-11-25-16-7-4-3-6-15(16)20/h3-4,6-9,23H,5,10-11H2,1-2H3. The Morgan fingerprint density at radius 1 is 1.20 bits per heavy atom. The maximum atomic E-state index is 11.1. The Bertz CT molecular complexity index is 934. The molecule has 0 saturated heterocycles. The van der Waals surface area contributed by atoms with Crippen LogP contribution < -0.4 is 4.74 Å². The highest BCUT2D eigenvalue weighted by atomic mass is 35.5. The molecule has 6 heteroatoms. The summed E-state index contributed by atoms with van der Waals surface area (Å²) in [6.45, 7) is 4.92. The van der Waals surface area contributed by atoms with Crippen LogP contribution in [0.5, 0.6) is 11.6 Å². The van der Waals surface area contributed by atoms with Crippen molar-refractivity contribution in [3.63, 3.8) is 0 Å². The van der Waals surface area contributed by atoms with Crippen molar-refractivity contribution in [2.75, 3.05) is 6.61 Å². The molecule has 130 valence electrons. The first kappa shape index (κ1) is 17.3. The first-order valence-corrected chi connectivity index (χ1v) is 8.44. The quantitative estimate of drug-likeness (QED) is 0.468. The van der Waals surface area contributed by atoms with E-state index < -0.39 is 0 Å². The van der Waals surface area contributed by atoms with Crippen molar-refractivity contribution >= 4 is 28.2 Å². The van der Waals surface area contributed by atoms with Crippen molar-refractivity contribution in [3.05, 3.63) is 57.5 Å². The number of hydrogen-bond donors (Lipinski definition) is 1. The summed E-state index contributed by atoms with van der Waals surface area (Å²) in [7, 11) is 0. The Morgan fingerprint density at radius 3 is 2.68 bits per heavy atom. The molecular weight excluding hydrogens is 340 g/mol. The molecule has 3 rings (SSSR count). The molecule has 0 radical (unpaired) electrons. The number of nitroso groups, excluding NO2 is 1. The highest BCUT2D eigenvalue weighted by Crippen LogP contribution is 2.40. The number of aromatic hydroxyl groups is 1. The molecule has 0 spiro atoms. The first-order valence-electron chi connectivity index (χ1n) is 8.06. The molecule has 1 aromatic heterocycles. The summed E-state index contributed by atoms with van der Waals surface area (Å²) in [6.07, 6.45) is 0.647. The van der Waals surface area contributed by atoms with Crippen LogP contribution in [0.15, 0.2) is 41.6 Å². The number of halogens is 1. The summed E-state index contributed by atoms with van der Waals surface area (Å²) in [5, 5.41) is 14.6. The molecule has 5 nitrogen and oxygen atoms in total. The summed E-state index contributed by atoms with van der Waals surface area (Å²) in [5.41, 5.74) is 3.04. The summed E-state index contributed by atoms with van der Waals surface area (Å²) < 4.78 is 7.41. The third-order valence-corrected chi connectivity index (χ3v) is 4.72. The fraction of sp³-hybridized carbons (Fsp3) is 0.263. The number of aryl methyl sites for hydroxylation is 3. The van der Waals surface area contributed by atoms with Gasteiger partial charge in [0.1, 0.15) is 5.75 Å². The number of aromatic nitrogens is 1. The third-order valence-electron chi connectivity index (χ3n) is 4.41. The van der Waals surface area contributed by atoms with Gasteiger partial charge < -0.3 is 14.4 Å². The number of hydrogen-bond acceptors (Lipinski definition) is 4. The first-order chi connectivity index (χ1) is 12.0. The Kier molecular flexibility index (Phi) is 4.95. The van der Waals surface area contributed by atoms with Gasteiger partial charge >= 0.3 is 0 Å². The number of nitrogens with zero attached hydrogens (tertiary/aromatic N) is 2. The number of para-hydroxylation sites is 1. The SMILES string of the molecule is Cc1ccc2c(N=O)c(O)n(CCCOc3ccccc3Cl)c2c1C. The average Bonchev–Trinajstić information content (AvgIpc) is 2.88. The number of benzene rings is 2. The Labute approximate surface area is 150 Å². The molecule has 3 aromatic rings. The van der Waals surface area contributed by atoms with E-state index in [-0.39, 0.29) is 11.6 Å². The van der Waals surface area contributed by atoms with E-state index in [1.54, 1.807) is 10.6 Å². The van der Waals surface area contributed by atoms with Crippen molar-refractivity contribution < 1.29 is 9.84 Å². The van der Waals surface area contributed by atoms with Crippen LogP contribution in [0.25, 0.3) is 10.9 Å². The topological polar surface area (TPSA) is 63.8 Å². The highest BCUT2D eigenvalue weighted by Gasteiger charge is 2.19. The van der Waals surface area contributed by atoms with Crippen molar-refractivity contribution in [3.8, 4) is 11.6 Å². The Hall–Kier alpha value is -2.53. The zero-order valence-electron chi connectivity index (χ0n) is 14.1. The van der Waals surface area contributed by atoms with Crippen LogP contribution in [0.3, 0.4) is 0 Å². The molecule has 0 aliphatic carbocycles.